The zero-order valence-corrected chi connectivity index (χ0v) is 18.7. The van der Waals surface area contributed by atoms with Crippen LogP contribution in [-0.4, -0.2) is 47.9 Å². The van der Waals surface area contributed by atoms with E-state index in [1.165, 1.54) is 11.2 Å². The number of carbonyl (C=O) groups excluding carboxylic acids is 3. The molecule has 2 fully saturated rings. The number of nitrogens with zero attached hydrogens (tertiary/aromatic N) is 1. The molecule has 1 saturated heterocycles. The van der Waals surface area contributed by atoms with Crippen molar-refractivity contribution in [2.45, 2.75) is 63.3 Å². The lowest BCUT2D eigenvalue weighted by Crippen LogP contribution is -2.50. The number of carbonyl (C=O) groups is 3. The first-order chi connectivity index (χ1) is 16.1. The van der Waals surface area contributed by atoms with Gasteiger partial charge in [-0.1, -0.05) is 43.2 Å². The molecule has 2 atom stereocenters. The summed E-state index contributed by atoms with van der Waals surface area (Å²) in [5, 5.41) is 5.78. The van der Waals surface area contributed by atoms with E-state index in [1.54, 1.807) is 24.3 Å². The van der Waals surface area contributed by atoms with Gasteiger partial charge in [0.2, 0.25) is 5.91 Å². The Morgan fingerprint density at radius 3 is 2.45 bits per heavy atom. The largest absolute Gasteiger partial charge is 0.467 e. The number of furan rings is 1. The zero-order chi connectivity index (χ0) is 23.0. The number of rotatable bonds is 8. The Morgan fingerprint density at radius 2 is 1.79 bits per heavy atom. The van der Waals surface area contributed by atoms with Crippen LogP contribution in [0.3, 0.4) is 0 Å². The highest BCUT2D eigenvalue weighted by atomic mass is 16.5. The standard InChI is InChI=1S/C25H31N3O5/c29-23(26-16-20-12-6-14-32-20)22(18-8-2-1-3-9-18)28(17-21-13-7-15-33-21)25(31)24(30)27-19-10-4-5-11-19/h1-3,7-9,13,15,19-20,22H,4-6,10-12,14,16-17H2,(H,26,29)(H,27,30)/t20-,22-/m0/s1. The first-order valence-electron chi connectivity index (χ1n) is 11.7. The lowest BCUT2D eigenvalue weighted by atomic mass is 10.0. The van der Waals surface area contributed by atoms with Gasteiger partial charge in [0.05, 0.1) is 18.9 Å². The minimum atomic E-state index is -0.987. The van der Waals surface area contributed by atoms with Crippen molar-refractivity contribution in [2.75, 3.05) is 13.2 Å². The highest BCUT2D eigenvalue weighted by Crippen LogP contribution is 2.25. The van der Waals surface area contributed by atoms with E-state index < -0.39 is 17.9 Å². The van der Waals surface area contributed by atoms with Crippen molar-refractivity contribution in [3.8, 4) is 0 Å². The third-order valence-corrected chi connectivity index (χ3v) is 6.26. The number of nitrogens with one attached hydrogen (secondary N) is 2. The molecule has 2 aromatic rings. The van der Waals surface area contributed by atoms with Gasteiger partial charge in [0, 0.05) is 19.2 Å². The van der Waals surface area contributed by atoms with Gasteiger partial charge in [-0.15, -0.1) is 0 Å². The van der Waals surface area contributed by atoms with Crippen LogP contribution in [0.25, 0.3) is 0 Å². The summed E-state index contributed by atoms with van der Waals surface area (Å²) in [7, 11) is 0. The zero-order valence-electron chi connectivity index (χ0n) is 18.7. The lowest BCUT2D eigenvalue weighted by molar-refractivity contribution is -0.151. The Labute approximate surface area is 193 Å². The molecule has 2 N–H and O–H groups in total. The molecule has 0 unspecified atom stereocenters. The SMILES string of the molecule is O=C(NC1CCCC1)C(=O)N(Cc1ccco1)[C@H](C(=O)NC[C@@H]1CCCO1)c1ccccc1. The molecule has 1 aliphatic carbocycles. The van der Waals surface area contributed by atoms with E-state index in [9.17, 15) is 14.4 Å². The molecule has 2 aliphatic rings. The summed E-state index contributed by atoms with van der Waals surface area (Å²) < 4.78 is 11.1. The fourth-order valence-electron chi connectivity index (χ4n) is 4.52. The molecule has 0 spiro atoms. The third-order valence-electron chi connectivity index (χ3n) is 6.26. The molecule has 4 rings (SSSR count). The van der Waals surface area contributed by atoms with Gasteiger partial charge in [-0.2, -0.15) is 0 Å². The van der Waals surface area contributed by atoms with Gasteiger partial charge in [-0.05, 0) is 43.4 Å². The molecule has 176 valence electrons. The maximum Gasteiger partial charge on any atom is 0.313 e. The summed E-state index contributed by atoms with van der Waals surface area (Å²) in [6.45, 7) is 1.04. The Morgan fingerprint density at radius 1 is 1.00 bits per heavy atom. The van der Waals surface area contributed by atoms with Crippen LogP contribution in [0.15, 0.2) is 53.1 Å². The summed E-state index contributed by atoms with van der Waals surface area (Å²) in [6.07, 6.45) is 7.11. The second kappa shape index (κ2) is 11.1. The fourth-order valence-corrected chi connectivity index (χ4v) is 4.52. The monoisotopic (exact) mass is 453 g/mol. The molecule has 3 amide bonds. The number of hydrogen-bond donors (Lipinski definition) is 2. The van der Waals surface area contributed by atoms with Crippen LogP contribution < -0.4 is 10.6 Å². The molecule has 8 heteroatoms. The van der Waals surface area contributed by atoms with Crippen LogP contribution in [0.4, 0.5) is 0 Å². The molecule has 8 nitrogen and oxygen atoms in total. The van der Waals surface area contributed by atoms with Crippen LogP contribution in [0, 0.1) is 0 Å². The minimum Gasteiger partial charge on any atom is -0.467 e. The predicted octanol–water partition coefficient (Wildman–Crippen LogP) is 2.70. The van der Waals surface area contributed by atoms with Crippen molar-refractivity contribution in [3.63, 3.8) is 0 Å². The number of benzene rings is 1. The van der Waals surface area contributed by atoms with Crippen molar-refractivity contribution in [1.82, 2.24) is 15.5 Å². The maximum atomic E-state index is 13.4. The first-order valence-corrected chi connectivity index (χ1v) is 11.7. The number of amides is 3. The normalized spacial score (nSPS) is 19.2. The Balaban J connectivity index is 1.58. The van der Waals surface area contributed by atoms with Crippen molar-refractivity contribution in [2.24, 2.45) is 0 Å². The van der Waals surface area contributed by atoms with Crippen LogP contribution >= 0.6 is 0 Å². The quantitative estimate of drug-likeness (QED) is 0.599. The highest BCUT2D eigenvalue weighted by molar-refractivity contribution is 6.35. The van der Waals surface area contributed by atoms with Crippen LogP contribution in [-0.2, 0) is 25.7 Å². The molecule has 2 heterocycles. The molecule has 33 heavy (non-hydrogen) atoms. The predicted molar refractivity (Wildman–Crippen MR) is 121 cm³/mol. The summed E-state index contributed by atoms with van der Waals surface area (Å²) in [4.78, 5) is 41.0. The van der Waals surface area contributed by atoms with E-state index >= 15 is 0 Å². The second-order valence-electron chi connectivity index (χ2n) is 8.66. The van der Waals surface area contributed by atoms with E-state index in [-0.39, 0.29) is 24.6 Å². The van der Waals surface area contributed by atoms with Crippen LogP contribution in [0.5, 0.6) is 0 Å². The summed E-state index contributed by atoms with van der Waals surface area (Å²) in [5.41, 5.74) is 0.621. The van der Waals surface area contributed by atoms with Gasteiger partial charge >= 0.3 is 11.8 Å². The summed E-state index contributed by atoms with van der Waals surface area (Å²) in [5.74, 6) is -1.31. The van der Waals surface area contributed by atoms with E-state index in [0.717, 1.165) is 38.5 Å². The average molecular weight is 454 g/mol. The van der Waals surface area contributed by atoms with Gasteiger partial charge in [0.25, 0.3) is 0 Å². The Kier molecular flexibility index (Phi) is 7.78. The van der Waals surface area contributed by atoms with Crippen molar-refractivity contribution < 1.29 is 23.5 Å². The molecule has 1 saturated carbocycles. The average Bonchev–Trinajstić information content (AvgIpc) is 3.61. The van der Waals surface area contributed by atoms with Gasteiger partial charge in [-0.3, -0.25) is 14.4 Å². The van der Waals surface area contributed by atoms with Crippen LogP contribution in [0.1, 0.15) is 55.9 Å². The van der Waals surface area contributed by atoms with E-state index in [4.69, 9.17) is 9.15 Å². The second-order valence-corrected chi connectivity index (χ2v) is 8.66. The Bertz CT molecular complexity index is 919. The molecule has 1 aromatic carbocycles. The lowest BCUT2D eigenvalue weighted by Gasteiger charge is -2.31. The van der Waals surface area contributed by atoms with Crippen molar-refractivity contribution in [1.29, 1.82) is 0 Å². The molecule has 1 aliphatic heterocycles. The smallest absolute Gasteiger partial charge is 0.313 e. The maximum absolute atomic E-state index is 13.4. The van der Waals surface area contributed by atoms with Crippen molar-refractivity contribution >= 4 is 17.7 Å². The summed E-state index contributed by atoms with van der Waals surface area (Å²) >= 11 is 0. The summed E-state index contributed by atoms with van der Waals surface area (Å²) in [6, 6.07) is 11.5. The minimum absolute atomic E-state index is 0.00315. The van der Waals surface area contributed by atoms with Gasteiger partial charge < -0.3 is 24.7 Å². The molecule has 1 aromatic heterocycles. The number of ether oxygens (including phenoxy) is 1. The molecule has 0 radical (unpaired) electrons. The molecular weight excluding hydrogens is 422 g/mol. The van der Waals surface area contributed by atoms with E-state index in [1.807, 2.05) is 18.2 Å². The van der Waals surface area contributed by atoms with E-state index in [2.05, 4.69) is 10.6 Å². The van der Waals surface area contributed by atoms with Gasteiger partial charge in [0.1, 0.15) is 11.8 Å². The molecule has 0 bridgehead atoms. The third kappa shape index (κ3) is 6.01. The first kappa shape index (κ1) is 23.0. The van der Waals surface area contributed by atoms with Gasteiger partial charge in [0.15, 0.2) is 0 Å². The van der Waals surface area contributed by atoms with E-state index in [0.29, 0.717) is 24.5 Å². The fraction of sp³-hybridized carbons (Fsp3) is 0.480. The topological polar surface area (TPSA) is 101 Å². The highest BCUT2D eigenvalue weighted by Gasteiger charge is 2.36. The Hall–Kier alpha value is -3.13. The number of hydrogen-bond acceptors (Lipinski definition) is 5. The van der Waals surface area contributed by atoms with Crippen LogP contribution in [0.2, 0.25) is 0 Å². The molecular formula is C25H31N3O5. The van der Waals surface area contributed by atoms with Crippen molar-refractivity contribution in [3.05, 3.63) is 60.1 Å². The van der Waals surface area contributed by atoms with Gasteiger partial charge in [-0.25, -0.2) is 0 Å².